The lowest BCUT2D eigenvalue weighted by Gasteiger charge is -2.23. The highest BCUT2D eigenvalue weighted by atomic mass is 35.5. The van der Waals surface area contributed by atoms with Crippen molar-refractivity contribution in [1.82, 2.24) is 9.78 Å². The third-order valence-corrected chi connectivity index (χ3v) is 4.27. The Morgan fingerprint density at radius 2 is 2.27 bits per heavy atom. The average molecular weight is 321 g/mol. The fourth-order valence-corrected chi connectivity index (χ4v) is 3.22. The summed E-state index contributed by atoms with van der Waals surface area (Å²) in [6.07, 6.45) is 8.14. The molecule has 1 aromatic carbocycles. The van der Waals surface area contributed by atoms with E-state index in [0.717, 1.165) is 24.8 Å². The van der Waals surface area contributed by atoms with Crippen LogP contribution in [0.1, 0.15) is 38.0 Å². The van der Waals surface area contributed by atoms with Gasteiger partial charge in [0.2, 0.25) is 0 Å². The lowest BCUT2D eigenvalue weighted by molar-refractivity contribution is -0.0366. The monoisotopic (exact) mass is 320 g/mol. The Bertz CT molecular complexity index is 708. The van der Waals surface area contributed by atoms with Crippen molar-refractivity contribution in [3.05, 3.63) is 28.9 Å². The topological polar surface area (TPSA) is 67.5 Å². The standard InChI is InChI=1S/C15H18BClN2O3/c1-2-5-10-12(17)8-13-11(15(10)16(20)21)9-18-19(13)14-6-3-4-7-22-14/h2,5,8-9,14,20-21H,3-4,6-7H2,1H3/b5-2-. The van der Waals surface area contributed by atoms with Crippen LogP contribution in [0.4, 0.5) is 0 Å². The molecule has 1 unspecified atom stereocenters. The number of halogens is 1. The van der Waals surface area contributed by atoms with E-state index >= 15 is 0 Å². The molecule has 1 fully saturated rings. The van der Waals surface area contributed by atoms with E-state index in [2.05, 4.69) is 5.10 Å². The Labute approximate surface area is 134 Å². The molecule has 2 N–H and O–H groups in total. The number of hydrogen-bond acceptors (Lipinski definition) is 4. The number of ether oxygens (including phenoxy) is 1. The number of rotatable bonds is 3. The molecule has 1 aliphatic heterocycles. The zero-order valence-corrected chi connectivity index (χ0v) is 13.1. The van der Waals surface area contributed by atoms with Gasteiger partial charge in [0.25, 0.3) is 0 Å². The Kier molecular flexibility index (Phi) is 4.54. The molecular weight excluding hydrogens is 302 g/mol. The summed E-state index contributed by atoms with van der Waals surface area (Å²) in [5, 5.41) is 25.1. The molecule has 1 saturated heterocycles. The van der Waals surface area contributed by atoms with E-state index in [1.165, 1.54) is 0 Å². The number of nitrogens with zero attached hydrogens (tertiary/aromatic N) is 2. The summed E-state index contributed by atoms with van der Waals surface area (Å²) in [4.78, 5) is 0. The fourth-order valence-electron chi connectivity index (χ4n) is 2.95. The van der Waals surface area contributed by atoms with Gasteiger partial charge in [-0.3, -0.25) is 0 Å². The van der Waals surface area contributed by atoms with Crippen LogP contribution in [0.25, 0.3) is 17.0 Å². The molecule has 1 aromatic heterocycles. The van der Waals surface area contributed by atoms with Gasteiger partial charge in [-0.2, -0.15) is 5.10 Å². The Hall–Kier alpha value is -1.34. The molecule has 2 aromatic rings. The van der Waals surface area contributed by atoms with Crippen molar-refractivity contribution in [2.75, 3.05) is 6.61 Å². The zero-order valence-electron chi connectivity index (χ0n) is 12.4. The van der Waals surface area contributed by atoms with Gasteiger partial charge in [-0.1, -0.05) is 23.8 Å². The highest BCUT2D eigenvalue weighted by Crippen LogP contribution is 2.29. The summed E-state index contributed by atoms with van der Waals surface area (Å²) < 4.78 is 7.55. The van der Waals surface area contributed by atoms with Crippen molar-refractivity contribution in [3.8, 4) is 0 Å². The van der Waals surface area contributed by atoms with Gasteiger partial charge in [0.05, 0.1) is 11.7 Å². The van der Waals surface area contributed by atoms with Crippen LogP contribution < -0.4 is 5.46 Å². The lowest BCUT2D eigenvalue weighted by atomic mass is 9.75. The average Bonchev–Trinajstić information content (AvgIpc) is 2.91. The Morgan fingerprint density at radius 3 is 2.91 bits per heavy atom. The second kappa shape index (κ2) is 6.42. The zero-order chi connectivity index (χ0) is 15.7. The summed E-state index contributed by atoms with van der Waals surface area (Å²) in [6.45, 7) is 2.57. The van der Waals surface area contributed by atoms with E-state index in [9.17, 15) is 10.0 Å². The summed E-state index contributed by atoms with van der Waals surface area (Å²) in [5.41, 5.74) is 1.74. The van der Waals surface area contributed by atoms with Crippen LogP contribution in [0, 0.1) is 0 Å². The summed E-state index contributed by atoms with van der Waals surface area (Å²) in [7, 11) is -1.61. The van der Waals surface area contributed by atoms with Gasteiger partial charge in [-0.25, -0.2) is 4.68 Å². The summed E-state index contributed by atoms with van der Waals surface area (Å²) in [6, 6.07) is 1.81. The van der Waals surface area contributed by atoms with Gasteiger partial charge in [0.15, 0.2) is 6.23 Å². The van der Waals surface area contributed by atoms with Crippen LogP contribution in [-0.2, 0) is 4.74 Å². The van der Waals surface area contributed by atoms with Crippen LogP contribution in [0.2, 0.25) is 5.02 Å². The predicted octanol–water partition coefficient (Wildman–Crippen LogP) is 2.10. The van der Waals surface area contributed by atoms with Crippen LogP contribution in [0.5, 0.6) is 0 Å². The van der Waals surface area contributed by atoms with Gasteiger partial charge in [0, 0.05) is 22.5 Å². The minimum Gasteiger partial charge on any atom is -0.423 e. The smallest absolute Gasteiger partial charge is 0.423 e. The molecule has 0 radical (unpaired) electrons. The highest BCUT2D eigenvalue weighted by Gasteiger charge is 2.25. The predicted molar refractivity (Wildman–Crippen MR) is 88.1 cm³/mol. The molecule has 0 aliphatic carbocycles. The van der Waals surface area contributed by atoms with E-state index in [4.69, 9.17) is 16.3 Å². The second-order valence-electron chi connectivity index (χ2n) is 5.40. The van der Waals surface area contributed by atoms with Gasteiger partial charge < -0.3 is 14.8 Å². The molecule has 5 nitrogen and oxygen atoms in total. The minimum absolute atomic E-state index is 0.126. The highest BCUT2D eigenvalue weighted by molar-refractivity contribution is 6.63. The van der Waals surface area contributed by atoms with Crippen molar-refractivity contribution >= 4 is 41.2 Å². The van der Waals surface area contributed by atoms with Crippen molar-refractivity contribution in [2.45, 2.75) is 32.4 Å². The van der Waals surface area contributed by atoms with E-state index < -0.39 is 7.12 Å². The first kappa shape index (κ1) is 15.6. The molecule has 7 heteroatoms. The molecule has 0 amide bonds. The first-order chi connectivity index (χ1) is 10.6. The molecule has 116 valence electrons. The van der Waals surface area contributed by atoms with Crippen LogP contribution in [0.3, 0.4) is 0 Å². The number of benzene rings is 1. The number of aromatic nitrogens is 2. The normalized spacial score (nSPS) is 19.2. The second-order valence-corrected chi connectivity index (χ2v) is 5.81. The van der Waals surface area contributed by atoms with Gasteiger partial charge in [-0.15, -0.1) is 0 Å². The summed E-state index contributed by atoms with van der Waals surface area (Å²) in [5.74, 6) is 0. The minimum atomic E-state index is -1.61. The number of fused-ring (bicyclic) bond motifs is 1. The van der Waals surface area contributed by atoms with Crippen LogP contribution in [-0.4, -0.2) is 33.6 Å². The van der Waals surface area contributed by atoms with Gasteiger partial charge in [-0.05, 0) is 37.8 Å². The largest absolute Gasteiger partial charge is 0.489 e. The first-order valence-corrected chi connectivity index (χ1v) is 7.81. The van der Waals surface area contributed by atoms with Crippen molar-refractivity contribution in [2.24, 2.45) is 0 Å². The quantitative estimate of drug-likeness (QED) is 0.850. The van der Waals surface area contributed by atoms with Gasteiger partial charge in [0.1, 0.15) is 0 Å². The van der Waals surface area contributed by atoms with E-state index in [-0.39, 0.29) is 6.23 Å². The molecule has 1 atom stereocenters. The molecule has 3 rings (SSSR count). The molecule has 1 aliphatic rings. The molecule has 2 heterocycles. The van der Waals surface area contributed by atoms with Crippen LogP contribution >= 0.6 is 11.6 Å². The molecule has 22 heavy (non-hydrogen) atoms. The number of allylic oxidation sites excluding steroid dienone is 1. The maximum Gasteiger partial charge on any atom is 0.489 e. The third-order valence-electron chi connectivity index (χ3n) is 3.96. The SMILES string of the molecule is C/C=C\c1c(Cl)cc2c(cnn2C2CCCCO2)c1B(O)O. The molecular formula is C15H18BClN2O3. The lowest BCUT2D eigenvalue weighted by Crippen LogP contribution is -2.33. The third kappa shape index (κ3) is 2.67. The molecule has 0 saturated carbocycles. The summed E-state index contributed by atoms with van der Waals surface area (Å²) >= 11 is 6.34. The van der Waals surface area contributed by atoms with E-state index in [1.807, 2.05) is 19.1 Å². The van der Waals surface area contributed by atoms with Crippen molar-refractivity contribution < 1.29 is 14.8 Å². The fraction of sp³-hybridized carbons (Fsp3) is 0.400. The Morgan fingerprint density at radius 1 is 1.45 bits per heavy atom. The van der Waals surface area contributed by atoms with Crippen molar-refractivity contribution in [1.29, 1.82) is 0 Å². The molecule has 0 spiro atoms. The van der Waals surface area contributed by atoms with E-state index in [0.29, 0.717) is 28.0 Å². The molecule has 0 bridgehead atoms. The first-order valence-electron chi connectivity index (χ1n) is 7.43. The van der Waals surface area contributed by atoms with Crippen LogP contribution in [0.15, 0.2) is 18.3 Å². The number of hydrogen-bond donors (Lipinski definition) is 2. The van der Waals surface area contributed by atoms with Gasteiger partial charge >= 0.3 is 7.12 Å². The van der Waals surface area contributed by atoms with E-state index in [1.54, 1.807) is 17.0 Å². The van der Waals surface area contributed by atoms with Crippen molar-refractivity contribution in [3.63, 3.8) is 0 Å². The Balaban J connectivity index is 2.19. The maximum atomic E-state index is 9.77. The maximum absolute atomic E-state index is 9.77.